The van der Waals surface area contributed by atoms with Gasteiger partial charge in [-0.15, -0.1) is 6.58 Å². The molecule has 0 aromatic heterocycles. The second-order valence-electron chi connectivity index (χ2n) is 2.61. The number of hydrogen-bond donors (Lipinski definition) is 1. The molecule has 1 N–H and O–H groups in total. The Labute approximate surface area is 56.5 Å². The monoisotopic (exact) mass is 123 g/mol. The van der Waals surface area contributed by atoms with Crippen molar-refractivity contribution in [1.29, 1.82) is 0 Å². The largest absolute Gasteiger partial charge is 0.388 e. The van der Waals surface area contributed by atoms with E-state index in [1.54, 1.807) is 0 Å². The summed E-state index contributed by atoms with van der Waals surface area (Å²) in [6.07, 6.45) is 4.06. The van der Waals surface area contributed by atoms with Crippen LogP contribution in [0, 0.1) is 5.92 Å². The molecule has 1 heteroatoms. The topological polar surface area (TPSA) is 12.0 Å². The van der Waals surface area contributed by atoms with Crippen LogP contribution in [0.3, 0.4) is 0 Å². The van der Waals surface area contributed by atoms with Gasteiger partial charge in [0.05, 0.1) is 0 Å². The van der Waals surface area contributed by atoms with E-state index in [4.69, 9.17) is 0 Å². The van der Waals surface area contributed by atoms with Gasteiger partial charge in [0.25, 0.3) is 0 Å². The van der Waals surface area contributed by atoms with Gasteiger partial charge in [0.2, 0.25) is 0 Å². The molecule has 0 amide bonds. The van der Waals surface area contributed by atoms with Gasteiger partial charge < -0.3 is 5.32 Å². The van der Waals surface area contributed by atoms with Crippen LogP contribution in [0.5, 0.6) is 0 Å². The molecule has 0 aromatic rings. The van der Waals surface area contributed by atoms with Gasteiger partial charge in [-0.3, -0.25) is 0 Å². The van der Waals surface area contributed by atoms with Gasteiger partial charge in [-0.2, -0.15) is 0 Å². The Hall–Kier alpha value is -0.720. The van der Waals surface area contributed by atoms with Crippen LogP contribution in [0.15, 0.2) is 24.4 Å². The standard InChI is InChI=1S/C8H13N/c1-4-8-6(2)5-9-7(8)3/h4-5,7-9H,1H2,2-3H3/t7?,8-/m1/s1. The van der Waals surface area contributed by atoms with Crippen molar-refractivity contribution < 1.29 is 0 Å². The second kappa shape index (κ2) is 2.26. The molecule has 0 spiro atoms. The van der Waals surface area contributed by atoms with Crippen molar-refractivity contribution in [1.82, 2.24) is 5.32 Å². The first-order valence-electron chi connectivity index (χ1n) is 3.31. The molecule has 1 unspecified atom stereocenters. The van der Waals surface area contributed by atoms with Crippen molar-refractivity contribution in [3.63, 3.8) is 0 Å². The molecule has 0 fully saturated rings. The molecule has 2 atom stereocenters. The minimum absolute atomic E-state index is 0.544. The van der Waals surface area contributed by atoms with Crippen molar-refractivity contribution in [2.75, 3.05) is 0 Å². The third kappa shape index (κ3) is 0.995. The lowest BCUT2D eigenvalue weighted by molar-refractivity contribution is 0.585. The van der Waals surface area contributed by atoms with Gasteiger partial charge in [0, 0.05) is 12.0 Å². The lowest BCUT2D eigenvalue weighted by Gasteiger charge is -2.11. The van der Waals surface area contributed by atoms with Gasteiger partial charge in [0.1, 0.15) is 0 Å². The Morgan fingerprint density at radius 3 is 2.67 bits per heavy atom. The van der Waals surface area contributed by atoms with E-state index in [-0.39, 0.29) is 0 Å². The Bertz CT molecular complexity index is 147. The predicted molar refractivity (Wildman–Crippen MR) is 40.0 cm³/mol. The van der Waals surface area contributed by atoms with Crippen LogP contribution >= 0.6 is 0 Å². The second-order valence-corrected chi connectivity index (χ2v) is 2.61. The minimum Gasteiger partial charge on any atom is -0.388 e. The van der Waals surface area contributed by atoms with Crippen molar-refractivity contribution in [2.24, 2.45) is 5.92 Å². The quantitative estimate of drug-likeness (QED) is 0.523. The van der Waals surface area contributed by atoms with E-state index in [2.05, 4.69) is 31.9 Å². The van der Waals surface area contributed by atoms with Crippen molar-refractivity contribution in [3.05, 3.63) is 24.4 Å². The third-order valence-corrected chi connectivity index (χ3v) is 1.89. The van der Waals surface area contributed by atoms with Crippen LogP contribution < -0.4 is 5.32 Å². The molecule has 0 radical (unpaired) electrons. The van der Waals surface area contributed by atoms with E-state index >= 15 is 0 Å². The van der Waals surface area contributed by atoms with E-state index in [1.807, 2.05) is 6.08 Å². The highest BCUT2D eigenvalue weighted by Crippen LogP contribution is 2.20. The zero-order valence-electron chi connectivity index (χ0n) is 6.02. The maximum Gasteiger partial charge on any atom is 0.0328 e. The van der Waals surface area contributed by atoms with E-state index in [9.17, 15) is 0 Å². The number of hydrogen-bond acceptors (Lipinski definition) is 1. The molecule has 50 valence electrons. The summed E-state index contributed by atoms with van der Waals surface area (Å²) in [5.41, 5.74) is 1.39. The first-order chi connectivity index (χ1) is 4.25. The molecule has 1 aliphatic rings. The highest BCUT2D eigenvalue weighted by molar-refractivity contribution is 5.17. The van der Waals surface area contributed by atoms with Gasteiger partial charge in [-0.25, -0.2) is 0 Å². The average Bonchev–Trinajstić information content (AvgIpc) is 2.12. The molecule has 0 aliphatic carbocycles. The summed E-state index contributed by atoms with van der Waals surface area (Å²) in [5.74, 6) is 0.546. The summed E-state index contributed by atoms with van der Waals surface area (Å²) in [7, 11) is 0. The summed E-state index contributed by atoms with van der Waals surface area (Å²) in [6.45, 7) is 8.06. The van der Waals surface area contributed by atoms with Crippen molar-refractivity contribution in [2.45, 2.75) is 19.9 Å². The minimum atomic E-state index is 0.544. The molecule has 1 rings (SSSR count). The summed E-state index contributed by atoms with van der Waals surface area (Å²) >= 11 is 0. The zero-order chi connectivity index (χ0) is 6.85. The first-order valence-corrected chi connectivity index (χ1v) is 3.31. The highest BCUT2D eigenvalue weighted by atomic mass is 14.9. The van der Waals surface area contributed by atoms with Gasteiger partial charge >= 0.3 is 0 Å². The normalized spacial score (nSPS) is 33.3. The van der Waals surface area contributed by atoms with E-state index in [0.29, 0.717) is 12.0 Å². The molecule has 0 saturated heterocycles. The molecule has 1 heterocycles. The predicted octanol–water partition coefficient (Wildman–Crippen LogP) is 1.68. The smallest absolute Gasteiger partial charge is 0.0328 e. The van der Waals surface area contributed by atoms with Crippen LogP contribution in [0.1, 0.15) is 13.8 Å². The molecule has 1 nitrogen and oxygen atoms in total. The average molecular weight is 123 g/mol. The third-order valence-electron chi connectivity index (χ3n) is 1.89. The van der Waals surface area contributed by atoms with Gasteiger partial charge in [-0.1, -0.05) is 6.08 Å². The Morgan fingerprint density at radius 1 is 1.78 bits per heavy atom. The van der Waals surface area contributed by atoms with E-state index in [0.717, 1.165) is 0 Å². The molecular weight excluding hydrogens is 110 g/mol. The number of nitrogens with one attached hydrogen (secondary N) is 1. The summed E-state index contributed by atoms with van der Waals surface area (Å²) in [6, 6.07) is 0.544. The van der Waals surface area contributed by atoms with Crippen LogP contribution in [-0.4, -0.2) is 6.04 Å². The van der Waals surface area contributed by atoms with Crippen LogP contribution in [0.25, 0.3) is 0 Å². The van der Waals surface area contributed by atoms with Crippen molar-refractivity contribution in [3.8, 4) is 0 Å². The zero-order valence-corrected chi connectivity index (χ0v) is 6.02. The Morgan fingerprint density at radius 2 is 2.44 bits per heavy atom. The Balaban J connectivity index is 2.67. The van der Waals surface area contributed by atoms with E-state index in [1.165, 1.54) is 5.57 Å². The SMILES string of the molecule is C=C[C@@H]1C(C)=CNC1C. The molecule has 0 saturated carbocycles. The molecule has 0 aromatic carbocycles. The lowest BCUT2D eigenvalue weighted by Crippen LogP contribution is -2.21. The highest BCUT2D eigenvalue weighted by Gasteiger charge is 2.18. The fourth-order valence-corrected chi connectivity index (χ4v) is 1.25. The molecule has 9 heavy (non-hydrogen) atoms. The van der Waals surface area contributed by atoms with E-state index < -0.39 is 0 Å². The summed E-state index contributed by atoms with van der Waals surface area (Å²) < 4.78 is 0. The van der Waals surface area contributed by atoms with Crippen LogP contribution in [0.2, 0.25) is 0 Å². The first kappa shape index (κ1) is 6.40. The maximum atomic E-state index is 3.76. The molecule has 1 aliphatic heterocycles. The fourth-order valence-electron chi connectivity index (χ4n) is 1.25. The van der Waals surface area contributed by atoms with Gasteiger partial charge in [0.15, 0.2) is 0 Å². The van der Waals surface area contributed by atoms with Gasteiger partial charge in [-0.05, 0) is 25.6 Å². The summed E-state index contributed by atoms with van der Waals surface area (Å²) in [5, 5.41) is 3.24. The Kier molecular flexibility index (Phi) is 1.60. The lowest BCUT2D eigenvalue weighted by atomic mass is 9.98. The molecular formula is C8H13N. The summed E-state index contributed by atoms with van der Waals surface area (Å²) in [4.78, 5) is 0. The van der Waals surface area contributed by atoms with Crippen LogP contribution in [-0.2, 0) is 0 Å². The van der Waals surface area contributed by atoms with Crippen LogP contribution in [0.4, 0.5) is 0 Å². The maximum absolute atomic E-state index is 3.76. The molecule has 0 bridgehead atoms. The van der Waals surface area contributed by atoms with Crippen molar-refractivity contribution >= 4 is 0 Å². The fraction of sp³-hybridized carbons (Fsp3) is 0.500. The number of rotatable bonds is 1.